The maximum absolute atomic E-state index is 11.7. The summed E-state index contributed by atoms with van der Waals surface area (Å²) in [6, 6.07) is 0. The molecule has 2 N–H and O–H groups in total. The molecule has 0 amide bonds. The summed E-state index contributed by atoms with van der Waals surface area (Å²) >= 11 is 1.39. The number of thiazole rings is 1. The van der Waals surface area contributed by atoms with Gasteiger partial charge in [0, 0.05) is 4.88 Å². The molecule has 0 saturated heterocycles. The number of nitrogens with zero attached hydrogens (tertiary/aromatic N) is 1. The van der Waals surface area contributed by atoms with Crippen molar-refractivity contribution in [1.82, 2.24) is 4.98 Å². The van der Waals surface area contributed by atoms with Crippen LogP contribution in [0.4, 0.5) is 5.13 Å². The molecule has 90 valence electrons. The van der Waals surface area contributed by atoms with Crippen LogP contribution in [0.3, 0.4) is 0 Å². The Morgan fingerprint density at radius 3 is 2.56 bits per heavy atom. The molecule has 1 aromatic rings. The Balaban J connectivity index is 3.03. The lowest BCUT2D eigenvalue weighted by atomic mass is 10.0. The zero-order valence-electron chi connectivity index (χ0n) is 9.95. The van der Waals surface area contributed by atoms with Gasteiger partial charge in [0.05, 0.1) is 6.61 Å². The van der Waals surface area contributed by atoms with Gasteiger partial charge in [0.1, 0.15) is 0 Å². The summed E-state index contributed by atoms with van der Waals surface area (Å²) in [4.78, 5) is 16.7. The molecule has 16 heavy (non-hydrogen) atoms. The van der Waals surface area contributed by atoms with Gasteiger partial charge in [0.15, 0.2) is 10.8 Å². The fourth-order valence-electron chi connectivity index (χ4n) is 1.63. The van der Waals surface area contributed by atoms with Crippen molar-refractivity contribution in [2.24, 2.45) is 0 Å². The molecule has 0 aromatic carbocycles. The summed E-state index contributed by atoms with van der Waals surface area (Å²) < 4.78 is 4.97. The van der Waals surface area contributed by atoms with Crippen molar-refractivity contribution < 1.29 is 9.53 Å². The smallest absolute Gasteiger partial charge is 0.358 e. The first-order valence-electron chi connectivity index (χ1n) is 5.57. The second-order valence-corrected chi connectivity index (χ2v) is 4.56. The van der Waals surface area contributed by atoms with Crippen molar-refractivity contribution in [3.8, 4) is 0 Å². The first-order chi connectivity index (χ1) is 7.63. The van der Waals surface area contributed by atoms with Gasteiger partial charge in [-0.15, -0.1) is 11.3 Å². The van der Waals surface area contributed by atoms with E-state index in [9.17, 15) is 4.79 Å². The van der Waals surface area contributed by atoms with Gasteiger partial charge in [-0.3, -0.25) is 0 Å². The van der Waals surface area contributed by atoms with Crippen molar-refractivity contribution in [3.63, 3.8) is 0 Å². The van der Waals surface area contributed by atoms with Gasteiger partial charge in [-0.2, -0.15) is 0 Å². The molecular formula is C11H18N2O2S. The highest BCUT2D eigenvalue weighted by Crippen LogP contribution is 2.33. The highest BCUT2D eigenvalue weighted by Gasteiger charge is 2.23. The summed E-state index contributed by atoms with van der Waals surface area (Å²) in [5.74, 6) is -0.0217. The molecule has 1 heterocycles. The molecular weight excluding hydrogens is 224 g/mol. The van der Waals surface area contributed by atoms with Crippen molar-refractivity contribution in [2.45, 2.75) is 39.5 Å². The minimum Gasteiger partial charge on any atom is -0.461 e. The third kappa shape index (κ3) is 2.72. The normalized spacial score (nSPS) is 10.8. The standard InChI is InChI=1S/C11H18N2O2S/c1-4-7(5-2)9-8(10(14)15-6-3)13-11(12)16-9/h7H,4-6H2,1-3H3,(H2,12,13). The van der Waals surface area contributed by atoms with Crippen molar-refractivity contribution in [3.05, 3.63) is 10.6 Å². The molecule has 0 aliphatic carbocycles. The van der Waals surface area contributed by atoms with E-state index in [0.717, 1.165) is 17.7 Å². The number of hydrogen-bond acceptors (Lipinski definition) is 5. The highest BCUT2D eigenvalue weighted by molar-refractivity contribution is 7.15. The maximum atomic E-state index is 11.7. The van der Waals surface area contributed by atoms with Gasteiger partial charge in [0.2, 0.25) is 0 Å². The molecule has 0 aliphatic rings. The maximum Gasteiger partial charge on any atom is 0.358 e. The van der Waals surface area contributed by atoms with Crippen LogP contribution in [0.15, 0.2) is 0 Å². The van der Waals surface area contributed by atoms with Crippen LogP contribution in [-0.2, 0) is 4.74 Å². The van der Waals surface area contributed by atoms with Crippen LogP contribution in [0.1, 0.15) is 54.9 Å². The van der Waals surface area contributed by atoms with Crippen LogP contribution in [-0.4, -0.2) is 17.6 Å². The number of anilines is 1. The summed E-state index contributed by atoms with van der Waals surface area (Å²) in [6.45, 7) is 6.33. The molecule has 0 bridgehead atoms. The zero-order valence-corrected chi connectivity index (χ0v) is 10.8. The van der Waals surface area contributed by atoms with Crippen LogP contribution in [0.2, 0.25) is 0 Å². The lowest BCUT2D eigenvalue weighted by molar-refractivity contribution is 0.0518. The molecule has 0 saturated carbocycles. The van der Waals surface area contributed by atoms with Gasteiger partial charge in [0.25, 0.3) is 0 Å². The largest absolute Gasteiger partial charge is 0.461 e. The average molecular weight is 242 g/mol. The number of carbonyl (C=O) groups is 1. The molecule has 0 fully saturated rings. The van der Waals surface area contributed by atoms with Gasteiger partial charge in [-0.1, -0.05) is 13.8 Å². The predicted molar refractivity (Wildman–Crippen MR) is 65.8 cm³/mol. The fraction of sp³-hybridized carbons (Fsp3) is 0.636. The first kappa shape index (κ1) is 13.0. The van der Waals surface area contributed by atoms with Crippen molar-refractivity contribution in [2.75, 3.05) is 12.3 Å². The van der Waals surface area contributed by atoms with E-state index in [1.807, 2.05) is 0 Å². The second-order valence-electron chi connectivity index (χ2n) is 3.50. The molecule has 0 atom stereocenters. The summed E-state index contributed by atoms with van der Waals surface area (Å²) in [7, 11) is 0. The number of rotatable bonds is 5. The molecule has 5 heteroatoms. The number of ether oxygens (including phenoxy) is 1. The van der Waals surface area contributed by atoms with Gasteiger partial charge < -0.3 is 10.5 Å². The van der Waals surface area contributed by atoms with E-state index in [1.165, 1.54) is 11.3 Å². The summed E-state index contributed by atoms with van der Waals surface area (Å²) in [5, 5.41) is 0.435. The number of nitrogen functional groups attached to an aromatic ring is 1. The molecule has 1 rings (SSSR count). The van der Waals surface area contributed by atoms with Gasteiger partial charge in [-0.25, -0.2) is 9.78 Å². The Hall–Kier alpha value is -1.10. The SMILES string of the molecule is CCOC(=O)c1nc(N)sc1C(CC)CC. The average Bonchev–Trinajstić information content (AvgIpc) is 2.63. The van der Waals surface area contributed by atoms with Gasteiger partial charge >= 0.3 is 5.97 Å². The van der Waals surface area contributed by atoms with Crippen LogP contribution in [0, 0.1) is 0 Å². The zero-order chi connectivity index (χ0) is 12.1. The van der Waals surface area contributed by atoms with E-state index in [2.05, 4.69) is 18.8 Å². The van der Waals surface area contributed by atoms with E-state index in [0.29, 0.717) is 23.4 Å². The Morgan fingerprint density at radius 1 is 1.44 bits per heavy atom. The Labute approximate surface area is 99.8 Å². The van der Waals surface area contributed by atoms with E-state index in [-0.39, 0.29) is 5.97 Å². The number of carbonyl (C=O) groups excluding carboxylic acids is 1. The topological polar surface area (TPSA) is 65.2 Å². The molecule has 0 aliphatic heterocycles. The Kier molecular flexibility index (Phi) is 4.73. The first-order valence-corrected chi connectivity index (χ1v) is 6.38. The van der Waals surface area contributed by atoms with E-state index in [4.69, 9.17) is 10.5 Å². The van der Waals surface area contributed by atoms with E-state index in [1.54, 1.807) is 6.92 Å². The van der Waals surface area contributed by atoms with Crippen molar-refractivity contribution in [1.29, 1.82) is 0 Å². The molecule has 1 aromatic heterocycles. The lowest BCUT2D eigenvalue weighted by Gasteiger charge is -2.10. The number of hydrogen-bond donors (Lipinski definition) is 1. The van der Waals surface area contributed by atoms with Crippen LogP contribution >= 0.6 is 11.3 Å². The highest BCUT2D eigenvalue weighted by atomic mass is 32.1. The third-order valence-corrected chi connectivity index (χ3v) is 3.54. The fourth-order valence-corrected chi connectivity index (χ4v) is 2.72. The summed E-state index contributed by atoms with van der Waals surface area (Å²) in [5.41, 5.74) is 6.06. The number of esters is 1. The molecule has 4 nitrogen and oxygen atoms in total. The van der Waals surface area contributed by atoms with Crippen LogP contribution in [0.5, 0.6) is 0 Å². The Bertz CT molecular complexity index is 359. The van der Waals surface area contributed by atoms with E-state index < -0.39 is 0 Å². The third-order valence-electron chi connectivity index (χ3n) is 2.50. The predicted octanol–water partition coefficient (Wildman–Crippen LogP) is 2.81. The number of nitrogens with two attached hydrogens (primary N) is 1. The minimum atomic E-state index is -0.364. The lowest BCUT2D eigenvalue weighted by Crippen LogP contribution is -2.09. The number of aromatic nitrogens is 1. The van der Waals surface area contributed by atoms with Gasteiger partial charge in [-0.05, 0) is 25.7 Å². The Morgan fingerprint density at radius 2 is 2.06 bits per heavy atom. The quantitative estimate of drug-likeness (QED) is 0.806. The second kappa shape index (κ2) is 5.84. The molecule has 0 spiro atoms. The van der Waals surface area contributed by atoms with Crippen LogP contribution in [0.25, 0.3) is 0 Å². The van der Waals surface area contributed by atoms with Crippen LogP contribution < -0.4 is 5.73 Å². The van der Waals surface area contributed by atoms with E-state index >= 15 is 0 Å². The summed E-state index contributed by atoms with van der Waals surface area (Å²) in [6.07, 6.45) is 1.95. The van der Waals surface area contributed by atoms with Crippen molar-refractivity contribution >= 4 is 22.4 Å². The molecule has 0 radical (unpaired) electrons. The minimum absolute atomic E-state index is 0.342. The monoisotopic (exact) mass is 242 g/mol. The molecule has 0 unspecified atom stereocenters.